The van der Waals surface area contributed by atoms with Crippen molar-refractivity contribution in [2.45, 2.75) is 0 Å². The summed E-state index contributed by atoms with van der Waals surface area (Å²) in [5, 5.41) is 11.4. The third-order valence-electron chi connectivity index (χ3n) is 2.25. The van der Waals surface area contributed by atoms with Crippen molar-refractivity contribution >= 4 is 41.4 Å². The van der Waals surface area contributed by atoms with E-state index in [2.05, 4.69) is 20.3 Å². The van der Waals surface area contributed by atoms with Gasteiger partial charge in [-0.05, 0) is 18.3 Å². The highest BCUT2D eigenvalue weighted by Gasteiger charge is 2.12. The molecule has 0 radical (unpaired) electrons. The summed E-state index contributed by atoms with van der Waals surface area (Å²) in [5.41, 5.74) is 6.38. The third-order valence-corrected chi connectivity index (χ3v) is 3.31. The minimum Gasteiger partial charge on any atom is -0.394 e. The fourth-order valence-electron chi connectivity index (χ4n) is 1.32. The molecule has 0 aromatic carbocycles. The lowest BCUT2D eigenvalue weighted by molar-refractivity contribution is 0.0964. The van der Waals surface area contributed by atoms with E-state index in [4.69, 9.17) is 23.4 Å². The average molecular weight is 306 g/mol. The summed E-state index contributed by atoms with van der Waals surface area (Å²) in [6.45, 7) is 0. The first-order valence-electron chi connectivity index (χ1n) is 5.38. The van der Waals surface area contributed by atoms with Gasteiger partial charge in [-0.2, -0.15) is 0 Å². The van der Waals surface area contributed by atoms with Crippen molar-refractivity contribution in [3.63, 3.8) is 0 Å². The lowest BCUT2D eigenvalue weighted by atomic mass is 10.3. The van der Waals surface area contributed by atoms with Crippen LogP contribution in [0.3, 0.4) is 0 Å². The number of hydrogen-bond acceptors (Lipinski definition) is 7. The Kier molecular flexibility index (Phi) is 4.33. The van der Waals surface area contributed by atoms with Crippen LogP contribution in [0.4, 0.5) is 0 Å². The van der Waals surface area contributed by atoms with Crippen molar-refractivity contribution in [2.75, 3.05) is 0 Å². The van der Waals surface area contributed by atoms with E-state index in [0.717, 1.165) is 6.21 Å². The van der Waals surface area contributed by atoms with E-state index >= 15 is 0 Å². The predicted octanol–water partition coefficient (Wildman–Crippen LogP) is 1.30. The Labute approximate surface area is 123 Å². The summed E-state index contributed by atoms with van der Waals surface area (Å²) in [6, 6.07) is 1.64. The van der Waals surface area contributed by atoms with Crippen molar-refractivity contribution in [3.05, 3.63) is 45.0 Å². The monoisotopic (exact) mass is 306 g/mol. The van der Waals surface area contributed by atoms with Crippen LogP contribution in [0, 0.1) is 9.36 Å². The van der Waals surface area contributed by atoms with Crippen LogP contribution in [0.1, 0.15) is 16.3 Å². The smallest absolute Gasteiger partial charge is 0.273 e. The van der Waals surface area contributed by atoms with Gasteiger partial charge in [0.15, 0.2) is 9.78 Å². The Morgan fingerprint density at radius 1 is 1.50 bits per heavy atom. The molecule has 0 spiro atoms. The molecule has 1 amide bonds. The highest BCUT2D eigenvalue weighted by Crippen LogP contribution is 2.08. The van der Waals surface area contributed by atoms with Crippen LogP contribution in [0.2, 0.25) is 0 Å². The molecule has 0 aliphatic rings. The fourth-order valence-corrected chi connectivity index (χ4v) is 2.14. The number of thiazole rings is 1. The summed E-state index contributed by atoms with van der Waals surface area (Å²) in [4.78, 5) is 22.6. The van der Waals surface area contributed by atoms with E-state index < -0.39 is 5.91 Å². The maximum atomic E-state index is 11.9. The molecule has 7 nitrogen and oxygen atoms in total. The number of rotatable bonds is 4. The van der Waals surface area contributed by atoms with Gasteiger partial charge >= 0.3 is 0 Å². The summed E-state index contributed by atoms with van der Waals surface area (Å²) >= 11 is 6.15. The number of aromatic nitrogens is 3. The van der Waals surface area contributed by atoms with Crippen LogP contribution in [-0.2, 0) is 0 Å². The minimum atomic E-state index is -0.435. The van der Waals surface area contributed by atoms with Crippen LogP contribution < -0.4 is 11.1 Å². The van der Waals surface area contributed by atoms with E-state index in [9.17, 15) is 4.79 Å². The van der Waals surface area contributed by atoms with E-state index in [1.807, 2.05) is 0 Å². The molecule has 0 aliphatic heterocycles. The average Bonchev–Trinajstić information content (AvgIpc) is 2.91. The summed E-state index contributed by atoms with van der Waals surface area (Å²) in [6.07, 6.45) is 3.98. The van der Waals surface area contributed by atoms with Crippen LogP contribution in [0.15, 0.2) is 29.5 Å². The predicted molar refractivity (Wildman–Crippen MR) is 78.9 cm³/mol. The molecule has 2 heterocycles. The Bertz CT molecular complexity index is 718. The molecule has 0 aliphatic carbocycles. The molecule has 0 bridgehead atoms. The van der Waals surface area contributed by atoms with Crippen LogP contribution in [-0.4, -0.2) is 27.1 Å². The van der Waals surface area contributed by atoms with Gasteiger partial charge in [0, 0.05) is 24.0 Å². The van der Waals surface area contributed by atoms with Gasteiger partial charge in [-0.3, -0.25) is 4.79 Å². The number of carbonyl (C=O) groups excluding carboxylic acids is 1. The zero-order valence-electron chi connectivity index (χ0n) is 10.1. The van der Waals surface area contributed by atoms with Gasteiger partial charge in [0.05, 0.1) is 5.70 Å². The van der Waals surface area contributed by atoms with Gasteiger partial charge in [0.25, 0.3) is 5.91 Å². The highest BCUT2D eigenvalue weighted by molar-refractivity contribution is 7.73. The number of carbonyl (C=O) groups is 1. The molecular formula is C11H10N6OS2. The number of nitrogens with one attached hydrogen (secondary N) is 3. The van der Waals surface area contributed by atoms with Gasteiger partial charge in [-0.25, -0.2) is 9.97 Å². The molecule has 0 atom stereocenters. The molecule has 5 N–H and O–H groups in total. The largest absolute Gasteiger partial charge is 0.394 e. The van der Waals surface area contributed by atoms with E-state index in [-0.39, 0.29) is 17.2 Å². The molecule has 0 unspecified atom stereocenters. The van der Waals surface area contributed by atoms with Gasteiger partial charge in [-0.15, -0.1) is 11.3 Å². The van der Waals surface area contributed by atoms with Gasteiger partial charge in [-0.1, -0.05) is 0 Å². The van der Waals surface area contributed by atoms with Crippen molar-refractivity contribution in [1.82, 2.24) is 20.3 Å². The van der Waals surface area contributed by atoms with Crippen LogP contribution >= 0.6 is 23.6 Å². The zero-order chi connectivity index (χ0) is 14.5. The maximum absolute atomic E-state index is 11.9. The molecule has 20 heavy (non-hydrogen) atoms. The van der Waals surface area contributed by atoms with E-state index in [1.54, 1.807) is 11.4 Å². The number of hydrogen-bond donors (Lipinski definition) is 4. The first kappa shape index (κ1) is 14.0. The number of H-pyrrole nitrogens is 1. The second-order valence-corrected chi connectivity index (χ2v) is 5.11. The topological polar surface area (TPSA) is 121 Å². The normalized spacial score (nSPS) is 11.6. The minimum absolute atomic E-state index is 0.114. The molecule has 2 aromatic heterocycles. The Balaban J connectivity index is 2.27. The Morgan fingerprint density at radius 3 is 2.75 bits per heavy atom. The summed E-state index contributed by atoms with van der Waals surface area (Å²) in [7, 11) is 0. The van der Waals surface area contributed by atoms with Crippen LogP contribution in [0.25, 0.3) is 5.70 Å². The second-order valence-electron chi connectivity index (χ2n) is 3.56. The first-order valence-corrected chi connectivity index (χ1v) is 6.67. The van der Waals surface area contributed by atoms with Crippen LogP contribution in [0.5, 0.6) is 0 Å². The molecule has 102 valence electrons. The quantitative estimate of drug-likeness (QED) is 0.501. The lowest BCUT2D eigenvalue weighted by Crippen LogP contribution is -2.26. The fraction of sp³-hybridized carbons (Fsp3) is 0. The Hall–Kier alpha value is -2.39. The number of allylic oxidation sites excluding steroid dienone is 1. The second kappa shape index (κ2) is 6.17. The molecule has 0 fully saturated rings. The molecular weight excluding hydrogens is 296 g/mol. The number of nitrogens with zero attached hydrogens (tertiary/aromatic N) is 2. The number of amides is 1. The SMILES string of the molecule is N=C/C(NC(=O)c1csc(=S)[nH]1)=C(\N)c1ncccn1. The van der Waals surface area contributed by atoms with Crippen molar-refractivity contribution < 1.29 is 4.79 Å². The summed E-state index contributed by atoms with van der Waals surface area (Å²) in [5.74, 6) is -0.195. The molecule has 0 saturated carbocycles. The van der Waals surface area contributed by atoms with E-state index in [1.165, 1.54) is 23.7 Å². The first-order chi connectivity index (χ1) is 9.61. The Morgan fingerprint density at radius 2 is 2.20 bits per heavy atom. The lowest BCUT2D eigenvalue weighted by Gasteiger charge is -2.07. The standard InChI is InChI=1S/C11H10N6OS2/c12-4-6(8(13)9-14-2-1-3-15-9)16-10(18)7-5-20-11(19)17-7/h1-5,12H,13H2,(H,16,18)(H,17,19)/b8-6+,12-4?. The van der Waals surface area contributed by atoms with Crippen molar-refractivity contribution in [1.29, 1.82) is 5.41 Å². The third kappa shape index (κ3) is 3.13. The molecule has 2 rings (SSSR count). The maximum Gasteiger partial charge on any atom is 0.273 e. The highest BCUT2D eigenvalue weighted by atomic mass is 32.1. The number of nitrogens with two attached hydrogens (primary N) is 1. The molecule has 9 heteroatoms. The van der Waals surface area contributed by atoms with Gasteiger partial charge < -0.3 is 21.4 Å². The zero-order valence-corrected chi connectivity index (χ0v) is 11.7. The molecule has 2 aromatic rings. The van der Waals surface area contributed by atoms with Gasteiger partial charge in [0.2, 0.25) is 0 Å². The van der Waals surface area contributed by atoms with Gasteiger partial charge in [0.1, 0.15) is 11.4 Å². The molecule has 0 saturated heterocycles. The van der Waals surface area contributed by atoms with Crippen molar-refractivity contribution in [3.8, 4) is 0 Å². The number of aromatic amines is 1. The van der Waals surface area contributed by atoms with E-state index in [0.29, 0.717) is 9.65 Å². The summed E-state index contributed by atoms with van der Waals surface area (Å²) < 4.78 is 0.495. The van der Waals surface area contributed by atoms with Crippen molar-refractivity contribution in [2.24, 2.45) is 5.73 Å².